The topological polar surface area (TPSA) is 21.3 Å². The lowest BCUT2D eigenvalue weighted by Crippen LogP contribution is -2.06. The first-order valence-electron chi connectivity index (χ1n) is 8.60. The number of rotatable bonds is 6. The van der Waals surface area contributed by atoms with Crippen LogP contribution in [0.15, 0.2) is 54.6 Å². The summed E-state index contributed by atoms with van der Waals surface area (Å²) in [4.78, 5) is 0. The van der Waals surface area contributed by atoms with Crippen molar-refractivity contribution in [1.82, 2.24) is 0 Å². The Kier molecular flexibility index (Phi) is 6.54. The molecule has 140 valence electrons. The van der Waals surface area contributed by atoms with Crippen LogP contribution in [0.1, 0.15) is 22.3 Å². The number of hydrogen-bond donors (Lipinski definition) is 1. The Morgan fingerprint density at radius 1 is 0.852 bits per heavy atom. The van der Waals surface area contributed by atoms with E-state index in [1.807, 2.05) is 36.4 Å². The highest BCUT2D eigenvalue weighted by atomic mass is 35.5. The fourth-order valence-electron chi connectivity index (χ4n) is 2.81. The molecule has 0 aliphatic carbocycles. The van der Waals surface area contributed by atoms with Crippen LogP contribution in [0.5, 0.6) is 5.75 Å². The average molecular weight is 421 g/mol. The summed E-state index contributed by atoms with van der Waals surface area (Å²) in [5.41, 5.74) is 5.31. The summed E-state index contributed by atoms with van der Waals surface area (Å²) in [6, 6.07) is 17.3. The van der Waals surface area contributed by atoms with E-state index >= 15 is 0 Å². The lowest BCUT2D eigenvalue weighted by molar-refractivity contribution is 0.303. The largest absolute Gasteiger partial charge is 0.487 e. The van der Waals surface area contributed by atoms with Crippen LogP contribution < -0.4 is 10.1 Å². The van der Waals surface area contributed by atoms with Crippen LogP contribution in [0.4, 0.5) is 5.69 Å². The quantitative estimate of drug-likeness (QED) is 0.447. The molecule has 27 heavy (non-hydrogen) atoms. The highest BCUT2D eigenvalue weighted by molar-refractivity contribution is 6.35. The molecular weight excluding hydrogens is 401 g/mol. The Morgan fingerprint density at radius 3 is 2.41 bits per heavy atom. The predicted molar refractivity (Wildman–Crippen MR) is 115 cm³/mol. The molecule has 0 atom stereocenters. The second kappa shape index (κ2) is 8.88. The van der Waals surface area contributed by atoms with Gasteiger partial charge >= 0.3 is 0 Å². The fraction of sp³-hybridized carbons (Fsp3) is 0.182. The van der Waals surface area contributed by atoms with Gasteiger partial charge in [-0.15, -0.1) is 0 Å². The molecule has 0 fully saturated rings. The van der Waals surface area contributed by atoms with Gasteiger partial charge in [-0.05, 0) is 49.2 Å². The van der Waals surface area contributed by atoms with Crippen molar-refractivity contribution in [2.24, 2.45) is 0 Å². The van der Waals surface area contributed by atoms with Gasteiger partial charge in [0, 0.05) is 33.4 Å². The predicted octanol–water partition coefficient (Wildman–Crippen LogP) is 7.45. The van der Waals surface area contributed by atoms with Crippen molar-refractivity contribution < 1.29 is 4.74 Å². The monoisotopic (exact) mass is 419 g/mol. The summed E-state index contributed by atoms with van der Waals surface area (Å²) in [6.07, 6.45) is 0. The van der Waals surface area contributed by atoms with Crippen molar-refractivity contribution in [3.05, 3.63) is 91.9 Å². The Labute approximate surface area is 175 Å². The van der Waals surface area contributed by atoms with Gasteiger partial charge in [0.15, 0.2) is 0 Å². The highest BCUT2D eigenvalue weighted by Crippen LogP contribution is 2.34. The number of hydrogen-bond acceptors (Lipinski definition) is 2. The van der Waals surface area contributed by atoms with Crippen LogP contribution >= 0.6 is 34.8 Å². The van der Waals surface area contributed by atoms with Crippen LogP contribution in [-0.4, -0.2) is 0 Å². The van der Waals surface area contributed by atoms with Gasteiger partial charge < -0.3 is 10.1 Å². The number of anilines is 1. The van der Waals surface area contributed by atoms with Crippen LogP contribution in [0.25, 0.3) is 0 Å². The van der Waals surface area contributed by atoms with Gasteiger partial charge in [0.1, 0.15) is 12.4 Å². The molecule has 0 spiro atoms. The number of aryl methyl sites for hydroxylation is 1. The molecule has 2 nitrogen and oxygen atoms in total. The molecule has 0 heterocycles. The van der Waals surface area contributed by atoms with E-state index in [1.54, 1.807) is 6.07 Å². The van der Waals surface area contributed by atoms with E-state index in [0.717, 1.165) is 16.8 Å². The van der Waals surface area contributed by atoms with Crippen molar-refractivity contribution in [2.75, 3.05) is 5.32 Å². The van der Waals surface area contributed by atoms with Crippen LogP contribution in [0.3, 0.4) is 0 Å². The zero-order valence-electron chi connectivity index (χ0n) is 15.2. The first kappa shape index (κ1) is 19.9. The molecule has 0 radical (unpaired) electrons. The van der Waals surface area contributed by atoms with Crippen molar-refractivity contribution in [2.45, 2.75) is 27.0 Å². The summed E-state index contributed by atoms with van der Waals surface area (Å²) in [5, 5.41) is 5.17. The molecule has 1 N–H and O–H groups in total. The maximum Gasteiger partial charge on any atom is 0.143 e. The Bertz CT molecular complexity index is 956. The summed E-state index contributed by atoms with van der Waals surface area (Å²) in [5.74, 6) is 0.610. The third-order valence-corrected chi connectivity index (χ3v) is 5.36. The lowest BCUT2D eigenvalue weighted by Gasteiger charge is -2.17. The van der Waals surface area contributed by atoms with E-state index in [1.165, 1.54) is 11.1 Å². The Hall–Kier alpha value is -1.87. The van der Waals surface area contributed by atoms with E-state index in [0.29, 0.717) is 34.0 Å². The minimum absolute atomic E-state index is 0.331. The Balaban J connectivity index is 1.82. The van der Waals surface area contributed by atoms with Crippen molar-refractivity contribution in [3.63, 3.8) is 0 Å². The van der Waals surface area contributed by atoms with Crippen molar-refractivity contribution in [1.29, 1.82) is 0 Å². The second-order valence-electron chi connectivity index (χ2n) is 6.36. The molecule has 3 aromatic rings. The summed E-state index contributed by atoms with van der Waals surface area (Å²) < 4.78 is 6.02. The number of ether oxygens (including phenoxy) is 1. The van der Waals surface area contributed by atoms with E-state index in [2.05, 4.69) is 31.3 Å². The maximum absolute atomic E-state index is 6.41. The van der Waals surface area contributed by atoms with E-state index in [9.17, 15) is 0 Å². The highest BCUT2D eigenvalue weighted by Gasteiger charge is 2.13. The summed E-state index contributed by atoms with van der Waals surface area (Å²) >= 11 is 18.8. The molecule has 5 heteroatoms. The van der Waals surface area contributed by atoms with E-state index < -0.39 is 0 Å². The zero-order valence-corrected chi connectivity index (χ0v) is 17.4. The van der Waals surface area contributed by atoms with Crippen LogP contribution in [-0.2, 0) is 13.2 Å². The van der Waals surface area contributed by atoms with Gasteiger partial charge in [-0.2, -0.15) is 0 Å². The SMILES string of the molecule is Cc1cccc(NCc2cc(Cl)cc(Cl)c2OCc2ccccc2Cl)c1C. The van der Waals surface area contributed by atoms with Gasteiger partial charge in [0.2, 0.25) is 0 Å². The molecule has 0 bridgehead atoms. The second-order valence-corrected chi connectivity index (χ2v) is 7.61. The minimum atomic E-state index is 0.331. The molecule has 3 rings (SSSR count). The standard InChI is InChI=1S/C22H20Cl3NO/c1-14-6-5-9-21(15(14)2)26-12-17-10-18(23)11-20(25)22(17)27-13-16-7-3-4-8-19(16)24/h3-11,26H,12-13H2,1-2H3. The first-order chi connectivity index (χ1) is 13.0. The van der Waals surface area contributed by atoms with E-state index in [4.69, 9.17) is 39.5 Å². The summed E-state index contributed by atoms with van der Waals surface area (Å²) in [7, 11) is 0. The number of halogens is 3. The molecule has 3 aromatic carbocycles. The third kappa shape index (κ3) is 4.90. The van der Waals surface area contributed by atoms with Gasteiger partial charge in [-0.1, -0.05) is 65.1 Å². The van der Waals surface area contributed by atoms with Gasteiger partial charge in [0.25, 0.3) is 0 Å². The maximum atomic E-state index is 6.41. The zero-order chi connectivity index (χ0) is 19.4. The molecule has 0 aliphatic rings. The summed E-state index contributed by atoms with van der Waals surface area (Å²) in [6.45, 7) is 5.06. The number of nitrogens with one attached hydrogen (secondary N) is 1. The normalized spacial score (nSPS) is 10.7. The van der Waals surface area contributed by atoms with Crippen LogP contribution in [0, 0.1) is 13.8 Å². The molecule has 0 amide bonds. The van der Waals surface area contributed by atoms with Crippen LogP contribution in [0.2, 0.25) is 15.1 Å². The van der Waals surface area contributed by atoms with E-state index in [-0.39, 0.29) is 0 Å². The fourth-order valence-corrected chi connectivity index (χ4v) is 3.59. The van der Waals surface area contributed by atoms with Gasteiger partial charge in [-0.25, -0.2) is 0 Å². The third-order valence-electron chi connectivity index (χ3n) is 4.49. The lowest BCUT2D eigenvalue weighted by atomic mass is 10.1. The first-order valence-corrected chi connectivity index (χ1v) is 9.73. The number of benzene rings is 3. The molecule has 0 saturated carbocycles. The molecule has 0 aromatic heterocycles. The average Bonchev–Trinajstić information content (AvgIpc) is 2.63. The Morgan fingerprint density at radius 2 is 1.63 bits per heavy atom. The minimum Gasteiger partial charge on any atom is -0.487 e. The van der Waals surface area contributed by atoms with Crippen molar-refractivity contribution in [3.8, 4) is 5.75 Å². The molecular formula is C22H20Cl3NO. The smallest absolute Gasteiger partial charge is 0.143 e. The van der Waals surface area contributed by atoms with Gasteiger partial charge in [0.05, 0.1) is 5.02 Å². The van der Waals surface area contributed by atoms with Crippen molar-refractivity contribution >= 4 is 40.5 Å². The molecule has 0 unspecified atom stereocenters. The molecule has 0 saturated heterocycles. The van der Waals surface area contributed by atoms with Gasteiger partial charge in [-0.3, -0.25) is 0 Å². The molecule has 0 aliphatic heterocycles.